The van der Waals surface area contributed by atoms with Crippen molar-refractivity contribution in [3.8, 4) is 5.75 Å². The lowest BCUT2D eigenvalue weighted by atomic mass is 10.1. The molecule has 0 fully saturated rings. The summed E-state index contributed by atoms with van der Waals surface area (Å²) in [5.74, 6) is -0.436. The van der Waals surface area contributed by atoms with Crippen molar-refractivity contribution in [2.75, 3.05) is 49.0 Å². The van der Waals surface area contributed by atoms with Gasteiger partial charge >= 0.3 is 12.0 Å². The molecule has 0 unspecified atom stereocenters. The summed E-state index contributed by atoms with van der Waals surface area (Å²) in [6.07, 6.45) is 0.711. The lowest BCUT2D eigenvalue weighted by molar-refractivity contribution is -0.120. The van der Waals surface area contributed by atoms with Crippen molar-refractivity contribution >= 4 is 40.9 Å². The van der Waals surface area contributed by atoms with Gasteiger partial charge in [0.15, 0.2) is 6.61 Å². The van der Waals surface area contributed by atoms with Crippen LogP contribution in [0, 0.1) is 5.92 Å². The van der Waals surface area contributed by atoms with E-state index in [0.29, 0.717) is 36.0 Å². The Morgan fingerprint density at radius 2 is 1.59 bits per heavy atom. The number of amides is 4. The molecule has 0 aliphatic carbocycles. The number of ether oxygens (including phenoxy) is 2. The van der Waals surface area contributed by atoms with Crippen LogP contribution in [0.15, 0.2) is 78.9 Å². The van der Waals surface area contributed by atoms with Gasteiger partial charge in [-0.15, -0.1) is 0 Å². The second kappa shape index (κ2) is 15.1. The van der Waals surface area contributed by atoms with Crippen LogP contribution in [-0.4, -0.2) is 57.7 Å². The molecule has 0 radical (unpaired) electrons. The Labute approximate surface area is 240 Å². The zero-order valence-electron chi connectivity index (χ0n) is 23.8. The van der Waals surface area contributed by atoms with Gasteiger partial charge in [-0.25, -0.2) is 9.59 Å². The third-order valence-corrected chi connectivity index (χ3v) is 6.20. The molecule has 0 aliphatic rings. The number of para-hydroxylation sites is 3. The largest absolute Gasteiger partial charge is 0.482 e. The van der Waals surface area contributed by atoms with Crippen molar-refractivity contribution in [2.45, 2.75) is 20.3 Å². The number of rotatable bonds is 12. The van der Waals surface area contributed by atoms with E-state index < -0.39 is 12.0 Å². The number of anilines is 3. The highest BCUT2D eigenvalue weighted by Gasteiger charge is 2.21. The SMILES string of the molecule is COC(=O)c1cccc(NC(=O)NCC(=O)N(CCC(C)C)c2ccccc2OCC(=O)N(C)c2ccccc2)c1. The Balaban J connectivity index is 1.68. The first-order valence-corrected chi connectivity index (χ1v) is 13.3. The monoisotopic (exact) mass is 560 g/mol. The maximum atomic E-state index is 13.4. The highest BCUT2D eigenvalue weighted by molar-refractivity contribution is 6.00. The number of carbonyl (C=O) groups is 4. The van der Waals surface area contributed by atoms with E-state index in [9.17, 15) is 19.2 Å². The van der Waals surface area contributed by atoms with E-state index in [-0.39, 0.29) is 30.5 Å². The molecule has 0 saturated heterocycles. The predicted molar refractivity (Wildman–Crippen MR) is 158 cm³/mol. The van der Waals surface area contributed by atoms with E-state index >= 15 is 0 Å². The summed E-state index contributed by atoms with van der Waals surface area (Å²) in [5.41, 5.74) is 1.90. The number of carbonyl (C=O) groups excluding carboxylic acids is 4. The maximum Gasteiger partial charge on any atom is 0.337 e. The van der Waals surface area contributed by atoms with Crippen LogP contribution in [0.3, 0.4) is 0 Å². The van der Waals surface area contributed by atoms with Crippen molar-refractivity contribution in [1.82, 2.24) is 5.32 Å². The Bertz CT molecular complexity index is 1350. The second-order valence-electron chi connectivity index (χ2n) is 9.65. The summed E-state index contributed by atoms with van der Waals surface area (Å²) in [4.78, 5) is 53.5. The predicted octanol–water partition coefficient (Wildman–Crippen LogP) is 4.72. The van der Waals surface area contributed by atoms with E-state index in [1.807, 2.05) is 30.3 Å². The van der Waals surface area contributed by atoms with E-state index in [4.69, 9.17) is 9.47 Å². The van der Waals surface area contributed by atoms with Gasteiger partial charge in [-0.2, -0.15) is 0 Å². The molecular weight excluding hydrogens is 524 g/mol. The topological polar surface area (TPSA) is 117 Å². The molecule has 0 heterocycles. The zero-order chi connectivity index (χ0) is 29.8. The van der Waals surface area contributed by atoms with E-state index in [1.54, 1.807) is 54.4 Å². The summed E-state index contributed by atoms with van der Waals surface area (Å²) < 4.78 is 10.6. The summed E-state index contributed by atoms with van der Waals surface area (Å²) in [6, 6.07) is 21.9. The Morgan fingerprint density at radius 1 is 0.878 bits per heavy atom. The van der Waals surface area contributed by atoms with Crippen LogP contribution >= 0.6 is 0 Å². The molecule has 216 valence electrons. The van der Waals surface area contributed by atoms with Crippen LogP contribution in [-0.2, 0) is 14.3 Å². The van der Waals surface area contributed by atoms with Gasteiger partial charge in [0, 0.05) is 25.0 Å². The van der Waals surface area contributed by atoms with Gasteiger partial charge in [0.1, 0.15) is 5.75 Å². The molecule has 0 bridgehead atoms. The van der Waals surface area contributed by atoms with Crippen LogP contribution in [0.1, 0.15) is 30.6 Å². The second-order valence-corrected chi connectivity index (χ2v) is 9.65. The van der Waals surface area contributed by atoms with Gasteiger partial charge in [0.05, 0.1) is 24.9 Å². The van der Waals surface area contributed by atoms with Crippen molar-refractivity contribution in [3.05, 3.63) is 84.4 Å². The van der Waals surface area contributed by atoms with E-state index in [2.05, 4.69) is 24.5 Å². The highest BCUT2D eigenvalue weighted by Crippen LogP contribution is 2.29. The molecule has 3 aromatic carbocycles. The molecule has 0 aliphatic heterocycles. The van der Waals surface area contributed by atoms with Gasteiger partial charge in [-0.3, -0.25) is 9.59 Å². The number of esters is 1. The molecule has 3 aromatic rings. The number of nitrogens with zero attached hydrogens (tertiary/aromatic N) is 2. The molecule has 0 spiro atoms. The molecule has 10 nitrogen and oxygen atoms in total. The van der Waals surface area contributed by atoms with E-state index in [0.717, 1.165) is 5.69 Å². The Morgan fingerprint density at radius 3 is 2.29 bits per heavy atom. The number of benzene rings is 3. The molecule has 0 atom stereocenters. The quantitative estimate of drug-likeness (QED) is 0.310. The average Bonchev–Trinajstić information content (AvgIpc) is 2.99. The first-order chi connectivity index (χ1) is 19.7. The fourth-order valence-corrected chi connectivity index (χ4v) is 3.87. The molecule has 0 aromatic heterocycles. The Hall–Kier alpha value is -4.86. The molecule has 10 heteroatoms. The van der Waals surface area contributed by atoms with Crippen LogP contribution in [0.25, 0.3) is 0 Å². The van der Waals surface area contributed by atoms with Gasteiger partial charge < -0.3 is 29.9 Å². The number of likely N-dealkylation sites (N-methyl/N-ethyl adjacent to an activating group) is 1. The van der Waals surface area contributed by atoms with Gasteiger partial charge in [0.2, 0.25) is 5.91 Å². The number of nitrogens with one attached hydrogen (secondary N) is 2. The molecular formula is C31H36N4O6. The van der Waals surface area contributed by atoms with Crippen LogP contribution in [0.4, 0.5) is 21.9 Å². The van der Waals surface area contributed by atoms with Crippen molar-refractivity contribution in [1.29, 1.82) is 0 Å². The number of methoxy groups -OCH3 is 1. The van der Waals surface area contributed by atoms with Crippen LogP contribution in [0.5, 0.6) is 5.75 Å². The summed E-state index contributed by atoms with van der Waals surface area (Å²) in [7, 11) is 2.95. The minimum absolute atomic E-state index is 0.222. The number of hydrogen-bond donors (Lipinski definition) is 2. The minimum Gasteiger partial charge on any atom is -0.482 e. The fraction of sp³-hybridized carbons (Fsp3) is 0.290. The van der Waals surface area contributed by atoms with Gasteiger partial charge in [-0.1, -0.05) is 50.2 Å². The lowest BCUT2D eigenvalue weighted by Crippen LogP contribution is -2.42. The smallest absolute Gasteiger partial charge is 0.337 e. The van der Waals surface area contributed by atoms with E-state index in [1.165, 1.54) is 18.1 Å². The zero-order valence-corrected chi connectivity index (χ0v) is 23.8. The first kappa shape index (κ1) is 30.7. The molecule has 0 saturated carbocycles. The fourth-order valence-electron chi connectivity index (χ4n) is 3.87. The summed E-state index contributed by atoms with van der Waals surface area (Å²) in [6.45, 7) is 3.98. The van der Waals surface area contributed by atoms with Crippen LogP contribution in [0.2, 0.25) is 0 Å². The molecule has 41 heavy (non-hydrogen) atoms. The number of hydrogen-bond acceptors (Lipinski definition) is 6. The van der Waals surface area contributed by atoms with Crippen molar-refractivity contribution < 1.29 is 28.7 Å². The molecule has 3 rings (SSSR count). The van der Waals surface area contributed by atoms with Crippen LogP contribution < -0.4 is 25.2 Å². The molecule has 2 N–H and O–H groups in total. The highest BCUT2D eigenvalue weighted by atomic mass is 16.5. The number of urea groups is 1. The third-order valence-electron chi connectivity index (χ3n) is 6.20. The average molecular weight is 561 g/mol. The first-order valence-electron chi connectivity index (χ1n) is 13.3. The minimum atomic E-state index is -0.608. The van der Waals surface area contributed by atoms with Gasteiger partial charge in [0.25, 0.3) is 5.91 Å². The molecule has 4 amide bonds. The Kier molecular flexibility index (Phi) is 11.3. The lowest BCUT2D eigenvalue weighted by Gasteiger charge is -2.26. The standard InChI is InChI=1S/C31H36N4O6/c1-22(2)17-18-35(28(36)20-32-31(39)33-24-12-10-11-23(19-24)30(38)40-4)26-15-8-9-16-27(26)41-21-29(37)34(3)25-13-6-5-7-14-25/h5-16,19,22H,17-18,20-21H2,1-4H3,(H2,32,33,39). The summed E-state index contributed by atoms with van der Waals surface area (Å²) >= 11 is 0. The van der Waals surface area contributed by atoms with Crippen molar-refractivity contribution in [3.63, 3.8) is 0 Å². The van der Waals surface area contributed by atoms with Crippen molar-refractivity contribution in [2.24, 2.45) is 5.92 Å². The summed E-state index contributed by atoms with van der Waals surface area (Å²) in [5, 5.41) is 5.19. The third kappa shape index (κ3) is 9.10. The normalized spacial score (nSPS) is 10.5. The maximum absolute atomic E-state index is 13.4. The van der Waals surface area contributed by atoms with Gasteiger partial charge in [-0.05, 0) is 54.8 Å².